The Morgan fingerprint density at radius 1 is 1.20 bits per heavy atom. The molecule has 4 amide bonds. The molecular formula is C17H20N3O4S. The molecule has 8 heteroatoms. The third kappa shape index (κ3) is 3.73. The van der Waals surface area contributed by atoms with Crippen LogP contribution in [0.15, 0.2) is 17.5 Å². The second-order valence-corrected chi connectivity index (χ2v) is 7.24. The summed E-state index contributed by atoms with van der Waals surface area (Å²) in [5.74, 6) is -1.46. The van der Waals surface area contributed by atoms with Gasteiger partial charge in [0.25, 0.3) is 0 Å². The van der Waals surface area contributed by atoms with Gasteiger partial charge in [-0.3, -0.25) is 19.3 Å². The Balaban J connectivity index is 1.63. The van der Waals surface area contributed by atoms with Gasteiger partial charge < -0.3 is 10.2 Å². The summed E-state index contributed by atoms with van der Waals surface area (Å²) in [6.45, 7) is 0.486. The number of piperazine rings is 1. The van der Waals surface area contributed by atoms with E-state index >= 15 is 0 Å². The normalized spacial score (nSPS) is 20.5. The van der Waals surface area contributed by atoms with E-state index in [1.807, 2.05) is 0 Å². The highest BCUT2D eigenvalue weighted by Gasteiger charge is 2.39. The zero-order valence-corrected chi connectivity index (χ0v) is 14.6. The minimum Gasteiger partial charge on any atom is -0.330 e. The standard InChI is InChI=1S/C17H20N3O4S/c21-11-13(14-7-4-10-25-14)18-17(24)20-9-8-19(15(22)16(20)23)12-5-2-1-3-6-12/h4,7,10,12-13H,1-3,5-6,8-9H2,(H,18,24). The Kier molecular flexibility index (Phi) is 5.47. The highest BCUT2D eigenvalue weighted by atomic mass is 32.1. The number of carbonyl (C=O) groups is 3. The van der Waals surface area contributed by atoms with Gasteiger partial charge in [0.1, 0.15) is 6.04 Å². The smallest absolute Gasteiger partial charge is 0.325 e. The van der Waals surface area contributed by atoms with Crippen molar-refractivity contribution in [2.24, 2.45) is 0 Å². The average Bonchev–Trinajstić information content (AvgIpc) is 3.17. The van der Waals surface area contributed by atoms with Crippen molar-refractivity contribution < 1.29 is 19.2 Å². The SMILES string of the molecule is O=[C]C(NC(=O)N1CCN(C2CCCCC2)C(=O)C1=O)c1cccs1. The minimum atomic E-state index is -0.938. The molecule has 1 saturated heterocycles. The van der Waals surface area contributed by atoms with Gasteiger partial charge >= 0.3 is 17.8 Å². The van der Waals surface area contributed by atoms with Crippen LogP contribution >= 0.6 is 11.3 Å². The maximum Gasteiger partial charge on any atom is 0.325 e. The molecule has 1 unspecified atom stereocenters. The largest absolute Gasteiger partial charge is 0.330 e. The molecule has 7 nitrogen and oxygen atoms in total. The van der Waals surface area contributed by atoms with Crippen molar-refractivity contribution >= 4 is 35.5 Å². The molecule has 2 aliphatic rings. The first-order valence-electron chi connectivity index (χ1n) is 8.46. The Morgan fingerprint density at radius 2 is 1.96 bits per heavy atom. The van der Waals surface area contributed by atoms with E-state index in [2.05, 4.69) is 5.32 Å². The molecule has 2 heterocycles. The molecule has 2 fully saturated rings. The van der Waals surface area contributed by atoms with E-state index < -0.39 is 23.9 Å². The van der Waals surface area contributed by atoms with Crippen molar-refractivity contribution in [2.75, 3.05) is 13.1 Å². The first-order valence-corrected chi connectivity index (χ1v) is 9.34. The van der Waals surface area contributed by atoms with Crippen molar-refractivity contribution in [2.45, 2.75) is 44.2 Å². The number of hydrogen-bond acceptors (Lipinski definition) is 5. The molecule has 133 valence electrons. The summed E-state index contributed by atoms with van der Waals surface area (Å²) in [6.07, 6.45) is 6.85. The van der Waals surface area contributed by atoms with E-state index in [0.29, 0.717) is 11.4 Å². The molecule has 3 rings (SSSR count). The van der Waals surface area contributed by atoms with Crippen LogP contribution in [0, 0.1) is 0 Å². The Morgan fingerprint density at radius 3 is 2.60 bits per heavy atom. The fraction of sp³-hybridized carbons (Fsp3) is 0.529. The van der Waals surface area contributed by atoms with E-state index in [9.17, 15) is 19.2 Å². The topological polar surface area (TPSA) is 86.8 Å². The van der Waals surface area contributed by atoms with Crippen molar-refractivity contribution in [3.63, 3.8) is 0 Å². The summed E-state index contributed by atoms with van der Waals surface area (Å²) in [5, 5.41) is 4.25. The Hall–Kier alpha value is -2.22. The predicted molar refractivity (Wildman–Crippen MR) is 91.6 cm³/mol. The van der Waals surface area contributed by atoms with E-state index in [-0.39, 0.29) is 12.6 Å². The zero-order valence-electron chi connectivity index (χ0n) is 13.8. The summed E-state index contributed by atoms with van der Waals surface area (Å²) in [5.41, 5.74) is 0. The number of amides is 4. The maximum atomic E-state index is 12.4. The van der Waals surface area contributed by atoms with Crippen LogP contribution < -0.4 is 5.32 Å². The Bertz CT molecular complexity index is 655. The molecule has 1 radical (unpaired) electrons. The van der Waals surface area contributed by atoms with E-state index in [4.69, 9.17) is 0 Å². The molecule has 0 aromatic carbocycles. The van der Waals surface area contributed by atoms with Gasteiger partial charge in [-0.1, -0.05) is 25.3 Å². The fourth-order valence-corrected chi connectivity index (χ4v) is 4.11. The first-order chi connectivity index (χ1) is 12.1. The lowest BCUT2D eigenvalue weighted by Crippen LogP contribution is -2.60. The number of urea groups is 1. The van der Waals surface area contributed by atoms with Gasteiger partial charge in [-0.15, -0.1) is 11.3 Å². The number of carbonyl (C=O) groups excluding carboxylic acids is 4. The molecule has 1 aromatic heterocycles. The summed E-state index contributed by atoms with van der Waals surface area (Å²) < 4.78 is 0. The summed E-state index contributed by atoms with van der Waals surface area (Å²) in [4.78, 5) is 51.3. The molecule has 1 N–H and O–H groups in total. The zero-order chi connectivity index (χ0) is 17.8. The summed E-state index contributed by atoms with van der Waals surface area (Å²) in [6, 6.07) is 1.88. The van der Waals surface area contributed by atoms with Gasteiger partial charge in [0.2, 0.25) is 6.29 Å². The predicted octanol–water partition coefficient (Wildman–Crippen LogP) is 1.61. The number of hydrogen-bond donors (Lipinski definition) is 1. The molecular weight excluding hydrogens is 342 g/mol. The number of thiophene rings is 1. The van der Waals surface area contributed by atoms with Gasteiger partial charge in [-0.25, -0.2) is 4.79 Å². The lowest BCUT2D eigenvalue weighted by atomic mass is 9.93. The van der Waals surface area contributed by atoms with Crippen LogP contribution in [-0.4, -0.2) is 53.1 Å². The van der Waals surface area contributed by atoms with E-state index in [1.54, 1.807) is 28.7 Å². The maximum absolute atomic E-state index is 12.4. The van der Waals surface area contributed by atoms with E-state index in [0.717, 1.165) is 37.0 Å². The van der Waals surface area contributed by atoms with Gasteiger partial charge in [0.05, 0.1) is 0 Å². The number of rotatable bonds is 4. The monoisotopic (exact) mass is 362 g/mol. The molecule has 1 saturated carbocycles. The van der Waals surface area contributed by atoms with Crippen molar-refractivity contribution in [3.05, 3.63) is 22.4 Å². The van der Waals surface area contributed by atoms with Crippen LogP contribution in [0.3, 0.4) is 0 Å². The molecule has 1 aliphatic heterocycles. The second kappa shape index (κ2) is 7.77. The third-order valence-electron chi connectivity index (χ3n) is 4.73. The van der Waals surface area contributed by atoms with Crippen LogP contribution in [0.5, 0.6) is 0 Å². The highest BCUT2D eigenvalue weighted by Crippen LogP contribution is 2.24. The molecule has 25 heavy (non-hydrogen) atoms. The lowest BCUT2D eigenvalue weighted by molar-refractivity contribution is -0.156. The molecule has 1 aliphatic carbocycles. The number of nitrogens with zero attached hydrogens (tertiary/aromatic N) is 2. The average molecular weight is 362 g/mol. The first kappa shape index (κ1) is 17.6. The Labute approximate surface area is 150 Å². The fourth-order valence-electron chi connectivity index (χ4n) is 3.40. The third-order valence-corrected chi connectivity index (χ3v) is 5.66. The van der Waals surface area contributed by atoms with Crippen molar-refractivity contribution in [1.29, 1.82) is 0 Å². The summed E-state index contributed by atoms with van der Waals surface area (Å²) >= 11 is 1.31. The lowest BCUT2D eigenvalue weighted by Gasteiger charge is -2.39. The minimum absolute atomic E-state index is 0.0950. The van der Waals surface area contributed by atoms with Gasteiger partial charge in [0, 0.05) is 24.0 Å². The number of nitrogens with one attached hydrogen (secondary N) is 1. The van der Waals surface area contributed by atoms with E-state index in [1.165, 1.54) is 11.3 Å². The van der Waals surface area contributed by atoms with Crippen LogP contribution in [0.2, 0.25) is 0 Å². The van der Waals surface area contributed by atoms with Crippen LogP contribution in [0.25, 0.3) is 0 Å². The van der Waals surface area contributed by atoms with Gasteiger partial charge in [-0.2, -0.15) is 0 Å². The van der Waals surface area contributed by atoms with Gasteiger partial charge in [-0.05, 0) is 24.3 Å². The summed E-state index contributed by atoms with van der Waals surface area (Å²) in [7, 11) is 0. The van der Waals surface area contributed by atoms with Crippen LogP contribution in [-0.2, 0) is 14.4 Å². The van der Waals surface area contributed by atoms with Crippen LogP contribution in [0.1, 0.15) is 43.0 Å². The molecule has 0 spiro atoms. The quantitative estimate of drug-likeness (QED) is 0.825. The molecule has 1 aromatic rings. The van der Waals surface area contributed by atoms with Gasteiger partial charge in [0.15, 0.2) is 0 Å². The number of imide groups is 1. The van der Waals surface area contributed by atoms with Crippen molar-refractivity contribution in [3.8, 4) is 0 Å². The van der Waals surface area contributed by atoms with Crippen LogP contribution in [0.4, 0.5) is 4.79 Å². The molecule has 0 bridgehead atoms. The van der Waals surface area contributed by atoms with Crippen molar-refractivity contribution in [1.82, 2.24) is 15.1 Å². The molecule has 1 atom stereocenters. The second-order valence-electron chi connectivity index (χ2n) is 6.26. The highest BCUT2D eigenvalue weighted by molar-refractivity contribution is 7.10.